The Kier molecular flexibility index (Phi) is 5.52. The van der Waals surface area contributed by atoms with E-state index in [1.807, 2.05) is 26.0 Å². The molecule has 0 aliphatic carbocycles. The molecule has 4 heteroatoms. The molecule has 0 bridgehead atoms. The highest BCUT2D eigenvalue weighted by Gasteiger charge is 2.08. The Morgan fingerprint density at radius 3 is 2.69 bits per heavy atom. The monoisotopic (exact) mass is 227 g/mol. The zero-order valence-electron chi connectivity index (χ0n) is 10.2. The maximum atomic E-state index is 9.58. The van der Waals surface area contributed by atoms with Crippen molar-refractivity contribution >= 4 is 0 Å². The fourth-order valence-corrected chi connectivity index (χ4v) is 1.32. The van der Waals surface area contributed by atoms with Crippen LogP contribution in [0.5, 0.6) is 0 Å². The van der Waals surface area contributed by atoms with E-state index in [9.17, 15) is 5.11 Å². The largest absolute Gasteiger partial charge is 0.462 e. The minimum atomic E-state index is -0.312. The van der Waals surface area contributed by atoms with E-state index in [1.165, 1.54) is 0 Å². The van der Waals surface area contributed by atoms with Crippen molar-refractivity contribution in [1.29, 1.82) is 0 Å². The molecule has 1 aromatic heterocycles. The van der Waals surface area contributed by atoms with Crippen LogP contribution in [-0.2, 0) is 17.9 Å². The van der Waals surface area contributed by atoms with Crippen LogP contribution < -0.4 is 5.32 Å². The highest BCUT2D eigenvalue weighted by molar-refractivity contribution is 5.06. The summed E-state index contributed by atoms with van der Waals surface area (Å²) in [6.07, 6.45) is -0.312. The summed E-state index contributed by atoms with van der Waals surface area (Å²) in [6.45, 7) is 5.70. The predicted octanol–water partition coefficient (Wildman–Crippen LogP) is 1.53. The first-order valence-corrected chi connectivity index (χ1v) is 5.58. The third-order valence-corrected chi connectivity index (χ3v) is 2.43. The van der Waals surface area contributed by atoms with Gasteiger partial charge in [-0.05, 0) is 18.1 Å². The molecule has 4 nitrogen and oxygen atoms in total. The van der Waals surface area contributed by atoms with Crippen molar-refractivity contribution < 1.29 is 14.3 Å². The van der Waals surface area contributed by atoms with Gasteiger partial charge in [0, 0.05) is 13.7 Å². The zero-order valence-corrected chi connectivity index (χ0v) is 10.2. The van der Waals surface area contributed by atoms with Crippen LogP contribution in [0.2, 0.25) is 0 Å². The number of methoxy groups -OCH3 is 1. The second-order valence-corrected chi connectivity index (χ2v) is 4.24. The van der Waals surface area contributed by atoms with Crippen molar-refractivity contribution in [2.75, 3.05) is 13.7 Å². The number of hydrogen-bond donors (Lipinski definition) is 2. The third kappa shape index (κ3) is 4.35. The zero-order chi connectivity index (χ0) is 12.0. The van der Waals surface area contributed by atoms with Crippen molar-refractivity contribution in [2.45, 2.75) is 33.1 Å². The Morgan fingerprint density at radius 2 is 2.06 bits per heavy atom. The first-order chi connectivity index (χ1) is 7.63. The molecule has 0 fully saturated rings. The first-order valence-electron chi connectivity index (χ1n) is 5.58. The average Bonchev–Trinajstić information content (AvgIpc) is 2.66. The van der Waals surface area contributed by atoms with Crippen molar-refractivity contribution in [3.8, 4) is 0 Å². The molecule has 0 aliphatic heterocycles. The van der Waals surface area contributed by atoms with E-state index in [2.05, 4.69) is 5.32 Å². The molecule has 1 aromatic rings. The molecule has 1 heterocycles. The highest BCUT2D eigenvalue weighted by Crippen LogP contribution is 2.08. The maximum absolute atomic E-state index is 9.58. The standard InChI is InChI=1S/C12H21NO3/c1-9(2)12(14)7-13-6-10-4-5-11(16-10)8-15-3/h4-5,9,12-14H,6-8H2,1-3H3. The predicted molar refractivity (Wildman–Crippen MR) is 62.0 cm³/mol. The van der Waals surface area contributed by atoms with Gasteiger partial charge in [0.15, 0.2) is 0 Å². The normalized spacial score (nSPS) is 13.3. The van der Waals surface area contributed by atoms with Crippen LogP contribution in [-0.4, -0.2) is 24.9 Å². The summed E-state index contributed by atoms with van der Waals surface area (Å²) in [6, 6.07) is 3.82. The summed E-state index contributed by atoms with van der Waals surface area (Å²) in [5.41, 5.74) is 0. The molecule has 0 radical (unpaired) electrons. The summed E-state index contributed by atoms with van der Waals surface area (Å²) >= 11 is 0. The van der Waals surface area contributed by atoms with Gasteiger partial charge >= 0.3 is 0 Å². The van der Waals surface area contributed by atoms with Gasteiger partial charge in [-0.1, -0.05) is 13.8 Å². The number of aliphatic hydroxyl groups is 1. The molecular weight excluding hydrogens is 206 g/mol. The quantitative estimate of drug-likeness (QED) is 0.741. The van der Waals surface area contributed by atoms with Crippen molar-refractivity contribution in [3.63, 3.8) is 0 Å². The molecule has 0 amide bonds. The van der Waals surface area contributed by atoms with Crippen LogP contribution in [0.25, 0.3) is 0 Å². The fourth-order valence-electron chi connectivity index (χ4n) is 1.32. The Labute approximate surface area is 96.6 Å². The molecule has 1 atom stereocenters. The summed E-state index contributed by atoms with van der Waals surface area (Å²) in [4.78, 5) is 0. The van der Waals surface area contributed by atoms with E-state index in [4.69, 9.17) is 9.15 Å². The van der Waals surface area contributed by atoms with E-state index in [0.29, 0.717) is 19.7 Å². The Bertz CT molecular complexity index is 296. The summed E-state index contributed by atoms with van der Waals surface area (Å²) in [5.74, 6) is 1.96. The highest BCUT2D eigenvalue weighted by atomic mass is 16.5. The third-order valence-electron chi connectivity index (χ3n) is 2.43. The van der Waals surface area contributed by atoms with Crippen LogP contribution >= 0.6 is 0 Å². The van der Waals surface area contributed by atoms with Crippen molar-refractivity contribution in [3.05, 3.63) is 23.7 Å². The van der Waals surface area contributed by atoms with Gasteiger partial charge in [0.1, 0.15) is 18.1 Å². The minimum absolute atomic E-state index is 0.271. The Morgan fingerprint density at radius 1 is 1.38 bits per heavy atom. The molecular formula is C12H21NO3. The van der Waals surface area contributed by atoms with Crippen LogP contribution in [0.3, 0.4) is 0 Å². The molecule has 16 heavy (non-hydrogen) atoms. The molecule has 1 unspecified atom stereocenters. The lowest BCUT2D eigenvalue weighted by molar-refractivity contribution is 0.122. The van der Waals surface area contributed by atoms with Gasteiger partial charge in [0.25, 0.3) is 0 Å². The van der Waals surface area contributed by atoms with E-state index < -0.39 is 0 Å². The lowest BCUT2D eigenvalue weighted by atomic mass is 10.1. The van der Waals surface area contributed by atoms with Crippen molar-refractivity contribution in [2.24, 2.45) is 5.92 Å². The molecule has 0 saturated carbocycles. The van der Waals surface area contributed by atoms with Gasteiger partial charge in [-0.15, -0.1) is 0 Å². The molecule has 0 aliphatic rings. The van der Waals surface area contributed by atoms with Gasteiger partial charge in [-0.2, -0.15) is 0 Å². The van der Waals surface area contributed by atoms with E-state index in [-0.39, 0.29) is 12.0 Å². The summed E-state index contributed by atoms with van der Waals surface area (Å²) in [5, 5.41) is 12.7. The molecule has 0 spiro atoms. The fraction of sp³-hybridized carbons (Fsp3) is 0.667. The van der Waals surface area contributed by atoms with E-state index >= 15 is 0 Å². The summed E-state index contributed by atoms with van der Waals surface area (Å²) in [7, 11) is 1.64. The average molecular weight is 227 g/mol. The lowest BCUT2D eigenvalue weighted by Crippen LogP contribution is -2.30. The van der Waals surface area contributed by atoms with E-state index in [1.54, 1.807) is 7.11 Å². The van der Waals surface area contributed by atoms with Gasteiger partial charge in [0.2, 0.25) is 0 Å². The number of ether oxygens (including phenoxy) is 1. The van der Waals surface area contributed by atoms with Gasteiger partial charge < -0.3 is 19.6 Å². The van der Waals surface area contributed by atoms with Crippen LogP contribution in [0.1, 0.15) is 25.4 Å². The second-order valence-electron chi connectivity index (χ2n) is 4.24. The lowest BCUT2D eigenvalue weighted by Gasteiger charge is -2.14. The maximum Gasteiger partial charge on any atom is 0.129 e. The number of nitrogens with one attached hydrogen (secondary N) is 1. The van der Waals surface area contributed by atoms with Crippen LogP contribution in [0, 0.1) is 5.92 Å². The molecule has 92 valence electrons. The smallest absolute Gasteiger partial charge is 0.129 e. The second kappa shape index (κ2) is 6.68. The van der Waals surface area contributed by atoms with Crippen molar-refractivity contribution in [1.82, 2.24) is 5.32 Å². The van der Waals surface area contributed by atoms with Gasteiger partial charge in [0.05, 0.1) is 12.6 Å². The van der Waals surface area contributed by atoms with Gasteiger partial charge in [-0.25, -0.2) is 0 Å². The first kappa shape index (κ1) is 13.2. The number of aliphatic hydroxyl groups excluding tert-OH is 1. The van der Waals surface area contributed by atoms with E-state index in [0.717, 1.165) is 11.5 Å². The summed E-state index contributed by atoms with van der Waals surface area (Å²) < 4.78 is 10.5. The van der Waals surface area contributed by atoms with Crippen LogP contribution in [0.4, 0.5) is 0 Å². The molecule has 2 N–H and O–H groups in total. The van der Waals surface area contributed by atoms with Gasteiger partial charge in [-0.3, -0.25) is 0 Å². The number of furan rings is 1. The SMILES string of the molecule is COCc1ccc(CNCC(O)C(C)C)o1. The minimum Gasteiger partial charge on any atom is -0.462 e. The Balaban J connectivity index is 2.26. The number of hydrogen-bond acceptors (Lipinski definition) is 4. The topological polar surface area (TPSA) is 54.6 Å². The molecule has 1 rings (SSSR count). The molecule has 0 saturated heterocycles. The Hall–Kier alpha value is -0.840. The number of rotatable bonds is 7. The van der Waals surface area contributed by atoms with Crippen LogP contribution in [0.15, 0.2) is 16.5 Å². The molecule has 0 aromatic carbocycles.